The minimum absolute atomic E-state index is 0.0204. The van der Waals surface area contributed by atoms with E-state index in [9.17, 15) is 9.59 Å². The standard InChI is InChI=1S/C21H29N3O3S/c1-5-15(3)22-21(26)18-13-27-19(23-18)12-24(16(4)6-2)20(25)14-28-17-10-8-7-9-11-17/h7-11,13,15-16H,5-6,12,14H2,1-4H3,(H,22,26)/t15-,16+/m1/s1. The lowest BCUT2D eigenvalue weighted by atomic mass is 10.2. The van der Waals surface area contributed by atoms with Crippen molar-refractivity contribution in [1.29, 1.82) is 0 Å². The molecule has 0 aliphatic carbocycles. The quantitative estimate of drug-likeness (QED) is 0.604. The van der Waals surface area contributed by atoms with Crippen molar-refractivity contribution >= 4 is 23.6 Å². The van der Waals surface area contributed by atoms with Crippen molar-refractivity contribution in [2.75, 3.05) is 5.75 Å². The Morgan fingerprint density at radius 2 is 1.89 bits per heavy atom. The summed E-state index contributed by atoms with van der Waals surface area (Å²) in [6, 6.07) is 9.96. The molecular formula is C21H29N3O3S. The maximum absolute atomic E-state index is 12.8. The van der Waals surface area contributed by atoms with E-state index in [1.807, 2.05) is 58.0 Å². The van der Waals surface area contributed by atoms with Gasteiger partial charge in [0.15, 0.2) is 5.69 Å². The number of aromatic nitrogens is 1. The Kier molecular flexibility index (Phi) is 8.57. The van der Waals surface area contributed by atoms with Crippen molar-refractivity contribution in [3.05, 3.63) is 48.2 Å². The highest BCUT2D eigenvalue weighted by Gasteiger charge is 2.22. The third kappa shape index (κ3) is 6.41. The van der Waals surface area contributed by atoms with Gasteiger partial charge in [-0.3, -0.25) is 9.59 Å². The van der Waals surface area contributed by atoms with E-state index in [0.29, 0.717) is 11.6 Å². The topological polar surface area (TPSA) is 75.4 Å². The summed E-state index contributed by atoms with van der Waals surface area (Å²) in [5.41, 5.74) is 0.241. The van der Waals surface area contributed by atoms with Gasteiger partial charge in [0.2, 0.25) is 11.8 Å². The van der Waals surface area contributed by atoms with Gasteiger partial charge in [-0.2, -0.15) is 0 Å². The molecule has 0 saturated carbocycles. The lowest BCUT2D eigenvalue weighted by Gasteiger charge is -2.27. The number of nitrogens with zero attached hydrogens (tertiary/aromatic N) is 2. The molecule has 0 saturated heterocycles. The normalized spacial score (nSPS) is 13.0. The predicted molar refractivity (Wildman–Crippen MR) is 111 cm³/mol. The Morgan fingerprint density at radius 3 is 2.54 bits per heavy atom. The second kappa shape index (κ2) is 10.9. The molecule has 2 atom stereocenters. The fourth-order valence-corrected chi connectivity index (χ4v) is 3.29. The van der Waals surface area contributed by atoms with Crippen LogP contribution in [0.15, 0.2) is 45.9 Å². The highest BCUT2D eigenvalue weighted by atomic mass is 32.2. The maximum atomic E-state index is 12.8. The molecule has 6 nitrogen and oxygen atoms in total. The summed E-state index contributed by atoms with van der Waals surface area (Å²) in [4.78, 5) is 32.1. The first-order valence-corrected chi connectivity index (χ1v) is 10.7. The van der Waals surface area contributed by atoms with Gasteiger partial charge in [0.1, 0.15) is 6.26 Å². The van der Waals surface area contributed by atoms with Crippen LogP contribution in [-0.4, -0.2) is 39.5 Å². The summed E-state index contributed by atoms with van der Waals surface area (Å²) >= 11 is 1.51. The van der Waals surface area contributed by atoms with Crippen LogP contribution >= 0.6 is 11.8 Å². The molecule has 2 aromatic rings. The summed E-state index contributed by atoms with van der Waals surface area (Å²) in [6.07, 6.45) is 3.01. The van der Waals surface area contributed by atoms with Gasteiger partial charge in [0, 0.05) is 17.0 Å². The fraction of sp³-hybridized carbons (Fsp3) is 0.476. The molecule has 1 N–H and O–H groups in total. The number of thioether (sulfide) groups is 1. The van der Waals surface area contributed by atoms with Crippen LogP contribution in [0, 0.1) is 0 Å². The number of nitrogens with one attached hydrogen (secondary N) is 1. The fourth-order valence-electron chi connectivity index (χ4n) is 2.49. The molecule has 28 heavy (non-hydrogen) atoms. The van der Waals surface area contributed by atoms with Gasteiger partial charge in [0.05, 0.1) is 12.3 Å². The van der Waals surface area contributed by atoms with Gasteiger partial charge in [-0.25, -0.2) is 4.98 Å². The van der Waals surface area contributed by atoms with E-state index >= 15 is 0 Å². The molecule has 1 aromatic heterocycles. The summed E-state index contributed by atoms with van der Waals surface area (Å²) in [5, 5.41) is 2.86. The van der Waals surface area contributed by atoms with Gasteiger partial charge < -0.3 is 14.6 Å². The van der Waals surface area contributed by atoms with Crippen LogP contribution in [0.3, 0.4) is 0 Å². The largest absolute Gasteiger partial charge is 0.446 e. The lowest BCUT2D eigenvalue weighted by Crippen LogP contribution is -2.39. The highest BCUT2D eigenvalue weighted by Crippen LogP contribution is 2.19. The molecule has 0 aliphatic heterocycles. The second-order valence-electron chi connectivity index (χ2n) is 6.79. The van der Waals surface area contributed by atoms with Crippen LogP contribution in [-0.2, 0) is 11.3 Å². The van der Waals surface area contributed by atoms with E-state index in [0.717, 1.165) is 17.7 Å². The van der Waals surface area contributed by atoms with Gasteiger partial charge in [0.25, 0.3) is 5.91 Å². The second-order valence-corrected chi connectivity index (χ2v) is 7.84. The first-order valence-electron chi connectivity index (χ1n) is 9.67. The van der Waals surface area contributed by atoms with E-state index in [2.05, 4.69) is 10.3 Å². The molecular weight excluding hydrogens is 374 g/mol. The number of hydrogen-bond donors (Lipinski definition) is 1. The number of hydrogen-bond acceptors (Lipinski definition) is 5. The molecule has 2 amide bonds. The zero-order chi connectivity index (χ0) is 20.5. The van der Waals surface area contributed by atoms with Crippen LogP contribution in [0.4, 0.5) is 0 Å². The highest BCUT2D eigenvalue weighted by molar-refractivity contribution is 8.00. The molecule has 1 heterocycles. The summed E-state index contributed by atoms with van der Waals surface area (Å²) in [6.45, 7) is 8.23. The Hall–Kier alpha value is -2.28. The molecule has 0 bridgehead atoms. The maximum Gasteiger partial charge on any atom is 0.273 e. The Morgan fingerprint density at radius 1 is 1.18 bits per heavy atom. The summed E-state index contributed by atoms with van der Waals surface area (Å²) in [7, 11) is 0. The number of benzene rings is 1. The van der Waals surface area contributed by atoms with Gasteiger partial charge in [-0.05, 0) is 38.8 Å². The summed E-state index contributed by atoms with van der Waals surface area (Å²) < 4.78 is 5.47. The molecule has 152 valence electrons. The van der Waals surface area contributed by atoms with E-state index in [4.69, 9.17) is 4.42 Å². The molecule has 0 spiro atoms. The zero-order valence-electron chi connectivity index (χ0n) is 17.0. The first-order chi connectivity index (χ1) is 13.4. The molecule has 0 radical (unpaired) electrons. The van der Waals surface area contributed by atoms with Crippen LogP contribution in [0.1, 0.15) is 56.9 Å². The van der Waals surface area contributed by atoms with Crippen molar-refractivity contribution in [1.82, 2.24) is 15.2 Å². The van der Waals surface area contributed by atoms with E-state index < -0.39 is 0 Å². The first kappa shape index (κ1) is 22.0. The third-order valence-corrected chi connectivity index (χ3v) is 5.63. The number of oxazole rings is 1. The van der Waals surface area contributed by atoms with E-state index in [1.165, 1.54) is 18.0 Å². The molecule has 2 rings (SSSR count). The number of carbonyl (C=O) groups is 2. The zero-order valence-corrected chi connectivity index (χ0v) is 17.8. The Balaban J connectivity index is 2.01. The van der Waals surface area contributed by atoms with Crippen LogP contribution < -0.4 is 5.32 Å². The van der Waals surface area contributed by atoms with E-state index in [1.54, 1.807) is 4.90 Å². The Labute approximate surface area is 171 Å². The number of carbonyl (C=O) groups excluding carboxylic acids is 2. The molecule has 0 aliphatic rings. The van der Waals surface area contributed by atoms with Gasteiger partial charge in [-0.1, -0.05) is 32.0 Å². The van der Waals surface area contributed by atoms with Crippen molar-refractivity contribution in [2.45, 2.75) is 64.1 Å². The van der Waals surface area contributed by atoms with Crippen LogP contribution in [0.5, 0.6) is 0 Å². The minimum atomic E-state index is -0.259. The minimum Gasteiger partial charge on any atom is -0.446 e. The molecule has 0 unspecified atom stereocenters. The number of amides is 2. The molecule has 7 heteroatoms. The third-order valence-electron chi connectivity index (χ3n) is 4.63. The van der Waals surface area contributed by atoms with Crippen molar-refractivity contribution in [2.24, 2.45) is 0 Å². The molecule has 1 aromatic carbocycles. The van der Waals surface area contributed by atoms with Crippen molar-refractivity contribution < 1.29 is 14.0 Å². The lowest BCUT2D eigenvalue weighted by molar-refractivity contribution is -0.131. The molecule has 0 fully saturated rings. The predicted octanol–water partition coefficient (Wildman–Crippen LogP) is 4.12. The van der Waals surface area contributed by atoms with Gasteiger partial charge in [-0.15, -0.1) is 11.8 Å². The smallest absolute Gasteiger partial charge is 0.273 e. The summed E-state index contributed by atoms with van der Waals surface area (Å²) in [5.74, 6) is 0.473. The van der Waals surface area contributed by atoms with Gasteiger partial charge >= 0.3 is 0 Å². The average Bonchev–Trinajstić information content (AvgIpc) is 3.19. The number of rotatable bonds is 10. The Bertz CT molecular complexity index is 763. The van der Waals surface area contributed by atoms with Crippen molar-refractivity contribution in [3.63, 3.8) is 0 Å². The monoisotopic (exact) mass is 403 g/mol. The van der Waals surface area contributed by atoms with Crippen LogP contribution in [0.2, 0.25) is 0 Å². The van der Waals surface area contributed by atoms with Crippen molar-refractivity contribution in [3.8, 4) is 0 Å². The SMILES string of the molecule is CC[C@@H](C)NC(=O)c1coc(CN(C(=O)CSc2ccccc2)[C@@H](C)CC)n1. The average molecular weight is 404 g/mol. The van der Waals surface area contributed by atoms with E-state index in [-0.39, 0.29) is 36.1 Å². The van der Waals surface area contributed by atoms with Crippen LogP contribution in [0.25, 0.3) is 0 Å².